The monoisotopic (exact) mass is 353 g/mol. The van der Waals surface area contributed by atoms with Crippen LogP contribution in [0.15, 0.2) is 48.3 Å². The van der Waals surface area contributed by atoms with Crippen molar-refractivity contribution in [3.63, 3.8) is 0 Å². The van der Waals surface area contributed by atoms with Crippen molar-refractivity contribution in [2.24, 2.45) is 0 Å². The first-order valence-electron chi connectivity index (χ1n) is 7.58. The van der Waals surface area contributed by atoms with Crippen LogP contribution in [0.5, 0.6) is 11.5 Å². The molecule has 1 N–H and O–H groups in total. The summed E-state index contributed by atoms with van der Waals surface area (Å²) in [5, 5.41) is 2.16. The van der Waals surface area contributed by atoms with E-state index in [0.717, 1.165) is 4.90 Å². The van der Waals surface area contributed by atoms with Gasteiger partial charge in [0.25, 0.3) is 11.8 Å². The number of carbonyl (C=O) groups excluding carboxylic acids is 3. The number of carbonyl (C=O) groups is 3. The molecule has 1 saturated heterocycles. The highest BCUT2D eigenvalue weighted by Gasteiger charge is 2.36. The smallest absolute Gasteiger partial charge is 0.335 e. The van der Waals surface area contributed by atoms with Crippen LogP contribution in [-0.2, 0) is 9.59 Å². The number of hydrogen-bond donors (Lipinski definition) is 1. The van der Waals surface area contributed by atoms with Crippen LogP contribution in [0, 0.1) is 0 Å². The summed E-state index contributed by atoms with van der Waals surface area (Å²) in [4.78, 5) is 41.8. The Bertz CT molecular complexity index is 908. The third kappa shape index (κ3) is 3.12. The number of amides is 4. The van der Waals surface area contributed by atoms with Gasteiger partial charge in [0.2, 0.25) is 0 Å². The molecule has 0 aliphatic carbocycles. The molecule has 0 atom stereocenters. The maximum Gasteiger partial charge on any atom is 0.335 e. The van der Waals surface area contributed by atoms with Crippen molar-refractivity contribution in [3.8, 4) is 11.5 Å². The number of nitrogens with zero attached hydrogens (tertiary/aromatic N) is 2. The first-order chi connectivity index (χ1) is 12.5. The topological polar surface area (TPSA) is 97.8 Å². The van der Waals surface area contributed by atoms with Crippen molar-refractivity contribution >= 4 is 29.6 Å². The van der Waals surface area contributed by atoms with E-state index in [2.05, 4.69) is 10.3 Å². The van der Waals surface area contributed by atoms with E-state index in [1.807, 2.05) is 0 Å². The number of benzene rings is 1. The fourth-order valence-electron chi connectivity index (χ4n) is 2.48. The van der Waals surface area contributed by atoms with Gasteiger partial charge in [-0.05, 0) is 30.3 Å². The van der Waals surface area contributed by atoms with Gasteiger partial charge in [0, 0.05) is 24.0 Å². The summed E-state index contributed by atoms with van der Waals surface area (Å²) in [5.74, 6) is -0.521. The Balaban J connectivity index is 2.04. The van der Waals surface area contributed by atoms with Gasteiger partial charge in [0.15, 0.2) is 0 Å². The molecule has 0 radical (unpaired) electrons. The molecule has 1 aliphatic heterocycles. The zero-order chi connectivity index (χ0) is 18.7. The van der Waals surface area contributed by atoms with Crippen molar-refractivity contribution in [2.75, 3.05) is 19.1 Å². The second-order valence-electron chi connectivity index (χ2n) is 5.27. The number of barbiturate groups is 1. The SMILES string of the molecule is COc1ccc(/C=C2\C(=O)NC(=O)N(c3ccncc3)C2=O)c(OC)c1. The Morgan fingerprint density at radius 3 is 2.42 bits per heavy atom. The van der Waals surface area contributed by atoms with Crippen molar-refractivity contribution in [2.45, 2.75) is 0 Å². The van der Waals surface area contributed by atoms with Crippen LogP contribution in [0.2, 0.25) is 0 Å². The van der Waals surface area contributed by atoms with Gasteiger partial charge in [-0.25, -0.2) is 9.69 Å². The number of hydrogen-bond acceptors (Lipinski definition) is 6. The van der Waals surface area contributed by atoms with Crippen molar-refractivity contribution in [1.29, 1.82) is 0 Å². The number of pyridine rings is 1. The number of imide groups is 2. The average molecular weight is 353 g/mol. The van der Waals surface area contributed by atoms with Crippen molar-refractivity contribution in [1.82, 2.24) is 10.3 Å². The Hall–Kier alpha value is -3.68. The molecule has 0 saturated carbocycles. The molecule has 8 heteroatoms. The number of nitrogens with one attached hydrogen (secondary N) is 1. The Morgan fingerprint density at radius 2 is 1.77 bits per heavy atom. The van der Waals surface area contributed by atoms with E-state index in [4.69, 9.17) is 9.47 Å². The van der Waals surface area contributed by atoms with Crippen molar-refractivity contribution < 1.29 is 23.9 Å². The van der Waals surface area contributed by atoms with Gasteiger partial charge in [-0.15, -0.1) is 0 Å². The van der Waals surface area contributed by atoms with Gasteiger partial charge < -0.3 is 9.47 Å². The van der Waals surface area contributed by atoms with Gasteiger partial charge in [-0.1, -0.05) is 0 Å². The number of methoxy groups -OCH3 is 2. The quantitative estimate of drug-likeness (QED) is 0.664. The van der Waals surface area contributed by atoms with E-state index in [-0.39, 0.29) is 5.57 Å². The Kier molecular flexibility index (Phi) is 4.66. The average Bonchev–Trinajstić information content (AvgIpc) is 2.65. The molecule has 0 spiro atoms. The maximum absolute atomic E-state index is 12.8. The molecular weight excluding hydrogens is 338 g/mol. The molecule has 0 bridgehead atoms. The number of rotatable bonds is 4. The zero-order valence-electron chi connectivity index (χ0n) is 14.1. The van der Waals surface area contributed by atoms with Crippen LogP contribution in [-0.4, -0.2) is 37.0 Å². The highest BCUT2D eigenvalue weighted by molar-refractivity contribution is 6.39. The number of anilines is 1. The van der Waals surface area contributed by atoms with Gasteiger partial charge >= 0.3 is 6.03 Å². The lowest BCUT2D eigenvalue weighted by Gasteiger charge is -2.26. The summed E-state index contributed by atoms with van der Waals surface area (Å²) in [7, 11) is 2.98. The lowest BCUT2D eigenvalue weighted by molar-refractivity contribution is -0.122. The zero-order valence-corrected chi connectivity index (χ0v) is 14.1. The summed E-state index contributed by atoms with van der Waals surface area (Å²) < 4.78 is 10.4. The molecule has 1 fully saturated rings. The minimum atomic E-state index is -0.815. The van der Waals surface area contributed by atoms with Crippen LogP contribution < -0.4 is 19.7 Å². The lowest BCUT2D eigenvalue weighted by Crippen LogP contribution is -2.54. The first-order valence-corrected chi connectivity index (χ1v) is 7.58. The van der Waals surface area contributed by atoms with Crippen LogP contribution in [0.1, 0.15) is 5.56 Å². The minimum absolute atomic E-state index is 0.190. The third-order valence-corrected chi connectivity index (χ3v) is 3.76. The van der Waals surface area contributed by atoms with E-state index < -0.39 is 17.8 Å². The Labute approximate surface area is 149 Å². The fourth-order valence-corrected chi connectivity index (χ4v) is 2.48. The summed E-state index contributed by atoms with van der Waals surface area (Å²) in [6, 6.07) is 7.14. The number of aromatic nitrogens is 1. The van der Waals surface area contributed by atoms with Gasteiger partial charge in [0.1, 0.15) is 17.1 Å². The highest BCUT2D eigenvalue weighted by atomic mass is 16.5. The molecule has 1 aromatic carbocycles. The number of ether oxygens (including phenoxy) is 2. The summed E-state index contributed by atoms with van der Waals surface area (Å²) in [6.07, 6.45) is 4.26. The second kappa shape index (κ2) is 7.06. The predicted molar refractivity (Wildman–Crippen MR) is 92.8 cm³/mol. The lowest BCUT2D eigenvalue weighted by atomic mass is 10.1. The van der Waals surface area contributed by atoms with Crippen LogP contribution in [0.25, 0.3) is 6.08 Å². The summed E-state index contributed by atoms with van der Waals surface area (Å²) in [6.45, 7) is 0. The largest absolute Gasteiger partial charge is 0.497 e. The molecule has 4 amide bonds. The summed E-state index contributed by atoms with van der Waals surface area (Å²) in [5.41, 5.74) is 0.614. The first kappa shape index (κ1) is 17.2. The normalized spacial score (nSPS) is 15.8. The van der Waals surface area contributed by atoms with E-state index >= 15 is 0 Å². The van der Waals surface area contributed by atoms with Crippen LogP contribution >= 0.6 is 0 Å². The molecular formula is C18H15N3O5. The fraction of sp³-hybridized carbons (Fsp3) is 0.111. The molecule has 1 aliphatic rings. The van der Waals surface area contributed by atoms with Crippen LogP contribution in [0.3, 0.4) is 0 Å². The summed E-state index contributed by atoms with van der Waals surface area (Å²) >= 11 is 0. The predicted octanol–water partition coefficient (Wildman–Crippen LogP) is 1.77. The number of urea groups is 1. The minimum Gasteiger partial charge on any atom is -0.497 e. The molecule has 132 valence electrons. The standard InChI is InChI=1S/C18H15N3O5/c1-25-13-4-3-11(15(10-13)26-2)9-14-16(22)20-18(24)21(17(14)23)12-5-7-19-8-6-12/h3-10H,1-2H3,(H,20,22,24)/b14-9+. The molecule has 2 aromatic rings. The van der Waals surface area contributed by atoms with E-state index in [0.29, 0.717) is 22.7 Å². The molecule has 26 heavy (non-hydrogen) atoms. The molecule has 0 unspecified atom stereocenters. The third-order valence-electron chi connectivity index (χ3n) is 3.76. The van der Waals surface area contributed by atoms with E-state index in [1.54, 1.807) is 18.2 Å². The van der Waals surface area contributed by atoms with Gasteiger partial charge in [0.05, 0.1) is 19.9 Å². The van der Waals surface area contributed by atoms with Gasteiger partial charge in [-0.3, -0.25) is 19.9 Å². The molecule has 3 rings (SSSR count). The molecule has 8 nitrogen and oxygen atoms in total. The van der Waals surface area contributed by atoms with Crippen molar-refractivity contribution in [3.05, 3.63) is 53.9 Å². The van der Waals surface area contributed by atoms with Gasteiger partial charge in [-0.2, -0.15) is 0 Å². The second-order valence-corrected chi connectivity index (χ2v) is 5.27. The Morgan fingerprint density at radius 1 is 1.04 bits per heavy atom. The van der Waals surface area contributed by atoms with E-state index in [9.17, 15) is 14.4 Å². The molecule has 2 heterocycles. The maximum atomic E-state index is 12.8. The van der Waals surface area contributed by atoms with Crippen LogP contribution in [0.4, 0.5) is 10.5 Å². The molecule has 1 aromatic heterocycles. The highest BCUT2D eigenvalue weighted by Crippen LogP contribution is 2.28. The van der Waals surface area contributed by atoms with E-state index in [1.165, 1.54) is 44.8 Å².